The van der Waals surface area contributed by atoms with Crippen molar-refractivity contribution in [1.29, 1.82) is 0 Å². The summed E-state index contributed by atoms with van der Waals surface area (Å²) in [6.07, 6.45) is -11.7. The van der Waals surface area contributed by atoms with Crippen LogP contribution in [0.4, 0.5) is 0 Å². The van der Waals surface area contributed by atoms with Crippen molar-refractivity contribution in [3.63, 3.8) is 0 Å². The zero-order chi connectivity index (χ0) is 41.1. The highest BCUT2D eigenvalue weighted by molar-refractivity contribution is 5.90. The number of aliphatic hydroxyl groups excluding tert-OH is 1. The fraction of sp³-hybridized carbons (Fsp3) is 0.667. The second-order valence-corrected chi connectivity index (χ2v) is 15.0. The molecule has 2 aliphatic heterocycles. The van der Waals surface area contributed by atoms with Crippen molar-refractivity contribution in [2.75, 3.05) is 13.2 Å². The third-order valence-corrected chi connectivity index (χ3v) is 10.9. The predicted molar refractivity (Wildman–Crippen MR) is 177 cm³/mol. The minimum atomic E-state index is -2.89. The van der Waals surface area contributed by atoms with Crippen molar-refractivity contribution in [3.8, 4) is 0 Å². The Bertz CT molecular complexity index is 1780. The Kier molecular flexibility index (Phi) is 10.9. The Labute approximate surface area is 314 Å². The van der Waals surface area contributed by atoms with Crippen LogP contribution >= 0.6 is 0 Å². The van der Waals surface area contributed by atoms with Crippen LogP contribution in [-0.2, 0) is 73.1 Å². The monoisotopic (exact) mass is 779 g/mol. The Morgan fingerprint density at radius 3 is 2.02 bits per heavy atom. The second-order valence-electron chi connectivity index (χ2n) is 15.0. The number of esters is 7. The fourth-order valence-electron chi connectivity index (χ4n) is 8.87. The standard InChI is InChI=1S/C36H45NO18/c1-16(38)48-15-35-28(52-19(4)41)24(43)27-34(8,47)36(35)26(51-18(3)40)23(25(50-17(2)39)29(35)53-20(5)42)33(7,55-36)14-49-30(44)21-10-9-13-37-22(21)11-12-32(6,46)31(45)54-27/h9-10,13,23-29,43,46-47H,11-12,14-15H2,1-8H3/t23-,24+,25-,26-,27+,28+,29-,32?,33+,34+,35+,36+/m1/s1. The number of aromatic nitrogens is 1. The number of rotatable bonds is 6. The molecule has 19 heteroatoms. The van der Waals surface area contributed by atoms with Gasteiger partial charge in [-0.25, -0.2) is 9.59 Å². The Morgan fingerprint density at radius 2 is 1.44 bits per heavy atom. The van der Waals surface area contributed by atoms with Crippen LogP contribution in [0, 0.1) is 11.3 Å². The number of carbonyl (C=O) groups excluding carboxylic acids is 7. The molecular formula is C36H45NO18. The molecule has 0 amide bonds. The van der Waals surface area contributed by atoms with Gasteiger partial charge in [0.25, 0.3) is 0 Å². The smallest absolute Gasteiger partial charge is 0.340 e. The fourth-order valence-corrected chi connectivity index (χ4v) is 8.87. The summed E-state index contributed by atoms with van der Waals surface area (Å²) in [5, 5.41) is 36.8. The summed E-state index contributed by atoms with van der Waals surface area (Å²) in [5.74, 6) is -9.11. The van der Waals surface area contributed by atoms with Gasteiger partial charge in [0.1, 0.15) is 54.2 Å². The van der Waals surface area contributed by atoms with Crippen LogP contribution in [0.5, 0.6) is 0 Å². The molecule has 3 N–H and O–H groups in total. The Morgan fingerprint density at radius 1 is 0.855 bits per heavy atom. The number of hydrogen-bond acceptors (Lipinski definition) is 19. The zero-order valence-corrected chi connectivity index (χ0v) is 31.5. The quantitative estimate of drug-likeness (QED) is 0.240. The SMILES string of the molecule is CC(=O)OC[C@]12[C@H](OC(C)=O)[C@H](OC(C)=O)[C@@H]3[C@@H](OC(C)=O)[C@@]14O[C@@]3(C)COC(=O)c1cccnc1CCC(C)(O)C(=O)O[C@@H]([C@H](O)[C@@H]2OC(C)=O)[C@]4(C)O. The van der Waals surface area contributed by atoms with E-state index in [-0.39, 0.29) is 17.7 Å². The third kappa shape index (κ3) is 6.69. The van der Waals surface area contributed by atoms with Crippen molar-refractivity contribution >= 4 is 41.8 Å². The van der Waals surface area contributed by atoms with Crippen molar-refractivity contribution in [2.45, 2.75) is 127 Å². The normalized spacial score (nSPS) is 39.5. The highest BCUT2D eigenvalue weighted by atomic mass is 16.7. The molecule has 2 aliphatic carbocycles. The Hall–Kier alpha value is -4.72. The Balaban J connectivity index is 1.95. The van der Waals surface area contributed by atoms with E-state index < -0.39 is 132 Å². The molecule has 4 aliphatic rings. The first-order chi connectivity index (χ1) is 25.5. The molecule has 12 atom stereocenters. The predicted octanol–water partition coefficient (Wildman–Crippen LogP) is -0.593. The molecule has 1 aromatic heterocycles. The van der Waals surface area contributed by atoms with Crippen LogP contribution in [0.15, 0.2) is 18.3 Å². The lowest BCUT2D eigenvalue weighted by atomic mass is 9.45. The van der Waals surface area contributed by atoms with Crippen LogP contribution < -0.4 is 0 Å². The molecule has 3 heterocycles. The summed E-state index contributed by atoms with van der Waals surface area (Å²) >= 11 is 0. The molecule has 1 spiro atoms. The lowest BCUT2D eigenvalue weighted by Gasteiger charge is -2.67. The summed E-state index contributed by atoms with van der Waals surface area (Å²) in [6, 6.07) is 2.82. The molecule has 55 heavy (non-hydrogen) atoms. The van der Waals surface area contributed by atoms with E-state index in [4.69, 9.17) is 37.9 Å². The van der Waals surface area contributed by atoms with Crippen LogP contribution in [-0.4, -0.2) is 134 Å². The average molecular weight is 780 g/mol. The largest absolute Gasteiger partial charge is 0.465 e. The first-order valence-corrected chi connectivity index (χ1v) is 17.4. The molecule has 0 radical (unpaired) electrons. The van der Waals surface area contributed by atoms with E-state index in [2.05, 4.69) is 4.98 Å². The number of pyridine rings is 1. The number of nitrogens with zero attached hydrogens (tertiary/aromatic N) is 1. The summed E-state index contributed by atoms with van der Waals surface area (Å²) in [7, 11) is 0. The zero-order valence-electron chi connectivity index (χ0n) is 31.5. The van der Waals surface area contributed by atoms with E-state index in [0.29, 0.717) is 0 Å². The molecule has 5 rings (SSSR count). The molecule has 19 nitrogen and oxygen atoms in total. The maximum Gasteiger partial charge on any atom is 0.340 e. The van der Waals surface area contributed by atoms with Gasteiger partial charge < -0.3 is 53.2 Å². The summed E-state index contributed by atoms with van der Waals surface area (Å²) < 4.78 is 47.4. The second kappa shape index (κ2) is 14.4. The number of cyclic esters (lactones) is 1. The van der Waals surface area contributed by atoms with Crippen molar-refractivity contribution in [2.24, 2.45) is 11.3 Å². The minimum Gasteiger partial charge on any atom is -0.465 e. The van der Waals surface area contributed by atoms with Gasteiger partial charge in [0, 0.05) is 40.8 Å². The van der Waals surface area contributed by atoms with E-state index in [0.717, 1.165) is 48.5 Å². The third-order valence-electron chi connectivity index (χ3n) is 10.9. The summed E-state index contributed by atoms with van der Waals surface area (Å²) in [6.45, 7) is 6.46. The van der Waals surface area contributed by atoms with Crippen LogP contribution in [0.2, 0.25) is 0 Å². The first-order valence-electron chi connectivity index (χ1n) is 17.4. The number of fused-ring (bicyclic) bond motifs is 5. The number of ether oxygens (including phenoxy) is 8. The van der Waals surface area contributed by atoms with E-state index in [1.54, 1.807) is 0 Å². The summed E-state index contributed by atoms with van der Waals surface area (Å²) in [4.78, 5) is 96.7. The van der Waals surface area contributed by atoms with Gasteiger partial charge in [0.2, 0.25) is 0 Å². The number of aryl methyl sites for hydroxylation is 1. The van der Waals surface area contributed by atoms with Crippen molar-refractivity contribution in [3.05, 3.63) is 29.6 Å². The lowest BCUT2D eigenvalue weighted by Crippen LogP contribution is -2.89. The first kappa shape index (κ1) is 41.4. The maximum absolute atomic E-state index is 13.9. The van der Waals surface area contributed by atoms with Crippen LogP contribution in [0.3, 0.4) is 0 Å². The molecule has 0 aromatic carbocycles. The number of aliphatic hydroxyl groups is 3. The highest BCUT2D eigenvalue weighted by Gasteiger charge is 2.91. The van der Waals surface area contributed by atoms with Gasteiger partial charge in [-0.1, -0.05) is 0 Å². The molecule has 1 saturated heterocycles. The van der Waals surface area contributed by atoms with Gasteiger partial charge in [-0.15, -0.1) is 0 Å². The van der Waals surface area contributed by atoms with Gasteiger partial charge in [0.15, 0.2) is 23.4 Å². The van der Waals surface area contributed by atoms with Gasteiger partial charge in [-0.2, -0.15) is 0 Å². The minimum absolute atomic E-state index is 0.0737. The van der Waals surface area contributed by atoms with Gasteiger partial charge >= 0.3 is 41.8 Å². The van der Waals surface area contributed by atoms with Gasteiger partial charge in [-0.3, -0.25) is 29.0 Å². The van der Waals surface area contributed by atoms with E-state index in [9.17, 15) is 48.9 Å². The van der Waals surface area contributed by atoms with E-state index in [1.165, 1.54) is 25.3 Å². The molecule has 2 saturated carbocycles. The van der Waals surface area contributed by atoms with E-state index in [1.807, 2.05) is 0 Å². The van der Waals surface area contributed by atoms with E-state index >= 15 is 0 Å². The van der Waals surface area contributed by atoms with Gasteiger partial charge in [-0.05, 0) is 45.7 Å². The number of hydrogen-bond donors (Lipinski definition) is 3. The molecule has 1 unspecified atom stereocenters. The molecule has 1 aromatic rings. The highest BCUT2D eigenvalue weighted by Crippen LogP contribution is 2.70. The lowest BCUT2D eigenvalue weighted by molar-refractivity contribution is -0.387. The summed E-state index contributed by atoms with van der Waals surface area (Å²) in [5.41, 5.74) is -12.7. The molecule has 302 valence electrons. The average Bonchev–Trinajstić information content (AvgIpc) is 3.29. The molecule has 3 fully saturated rings. The van der Waals surface area contributed by atoms with Crippen LogP contribution in [0.25, 0.3) is 0 Å². The maximum atomic E-state index is 13.9. The van der Waals surface area contributed by atoms with Crippen molar-refractivity contribution < 1.29 is 86.8 Å². The number of carbonyl (C=O) groups is 7. The topological polar surface area (TPSA) is 267 Å². The van der Waals surface area contributed by atoms with Crippen molar-refractivity contribution in [1.82, 2.24) is 4.98 Å². The molecular weight excluding hydrogens is 734 g/mol. The molecule has 4 bridgehead atoms. The van der Waals surface area contributed by atoms with Gasteiger partial charge in [0.05, 0.1) is 17.2 Å². The van der Waals surface area contributed by atoms with Crippen LogP contribution in [0.1, 0.15) is 77.9 Å².